The molecule has 0 aliphatic carbocycles. The molecule has 8 nitrogen and oxygen atoms in total. The molecule has 164 valence electrons. The number of nitrogens with zero attached hydrogens (tertiary/aromatic N) is 2. The molecule has 0 aliphatic heterocycles. The van der Waals surface area contributed by atoms with Crippen LogP contribution in [0.1, 0.15) is 0 Å². The van der Waals surface area contributed by atoms with E-state index < -0.39 is 10.0 Å². The highest BCUT2D eigenvalue weighted by Crippen LogP contribution is 2.34. The molecule has 0 saturated carbocycles. The molecule has 0 fully saturated rings. The maximum Gasteiger partial charge on any atom is 0.229 e. The van der Waals surface area contributed by atoms with Gasteiger partial charge in [-0.1, -0.05) is 23.7 Å². The Bertz CT molecular complexity index is 1430. The van der Waals surface area contributed by atoms with Crippen molar-refractivity contribution < 1.29 is 18.3 Å². The Morgan fingerprint density at radius 3 is 2.50 bits per heavy atom. The molecule has 1 aromatic heterocycles. The molecule has 0 atom stereocenters. The fourth-order valence-corrected chi connectivity index (χ4v) is 4.00. The number of hydrogen-bond acceptors (Lipinski definition) is 7. The molecule has 0 amide bonds. The first-order valence-corrected chi connectivity index (χ1v) is 11.7. The number of anilines is 3. The van der Waals surface area contributed by atoms with E-state index in [0.717, 1.165) is 28.3 Å². The average Bonchev–Trinajstić information content (AvgIpc) is 2.75. The van der Waals surface area contributed by atoms with E-state index in [4.69, 9.17) is 16.3 Å². The second-order valence-electron chi connectivity index (χ2n) is 7.03. The third kappa shape index (κ3) is 4.68. The van der Waals surface area contributed by atoms with E-state index in [1.165, 1.54) is 13.4 Å². The Morgan fingerprint density at radius 1 is 1.00 bits per heavy atom. The van der Waals surface area contributed by atoms with Gasteiger partial charge in [0, 0.05) is 11.1 Å². The summed E-state index contributed by atoms with van der Waals surface area (Å²) >= 11 is 6.12. The molecular formula is C22H19ClN4O4S. The van der Waals surface area contributed by atoms with E-state index in [1.807, 2.05) is 18.2 Å². The van der Waals surface area contributed by atoms with E-state index in [9.17, 15) is 13.5 Å². The molecule has 4 aromatic rings. The summed E-state index contributed by atoms with van der Waals surface area (Å²) in [6.07, 6.45) is 2.50. The van der Waals surface area contributed by atoms with Gasteiger partial charge in [-0.3, -0.25) is 4.72 Å². The molecule has 0 bridgehead atoms. The molecule has 0 aliphatic rings. The molecular weight excluding hydrogens is 452 g/mol. The van der Waals surface area contributed by atoms with Gasteiger partial charge >= 0.3 is 0 Å². The van der Waals surface area contributed by atoms with Gasteiger partial charge in [-0.2, -0.15) is 0 Å². The maximum absolute atomic E-state index is 11.6. The third-order valence-electron chi connectivity index (χ3n) is 4.67. The standard InChI is InChI=1S/C22H19ClN4O4S/c1-31-21-10-14(4-8-20(21)28)13-3-7-18-16(9-13)22(25-12-24-18)26-15-5-6-17(23)19(11-15)27-32(2,29)30/h3-12,27-28H,1-2H3,(H,24,25,26). The lowest BCUT2D eigenvalue weighted by molar-refractivity contribution is 0.373. The van der Waals surface area contributed by atoms with Crippen LogP contribution in [0.15, 0.2) is 60.9 Å². The minimum absolute atomic E-state index is 0.0592. The Hall–Kier alpha value is -3.56. The molecule has 0 saturated heterocycles. The fraction of sp³-hybridized carbons (Fsp3) is 0.0909. The van der Waals surface area contributed by atoms with Gasteiger partial charge in [-0.05, 0) is 53.6 Å². The Labute approximate surface area is 189 Å². The number of fused-ring (bicyclic) bond motifs is 1. The van der Waals surface area contributed by atoms with Crippen molar-refractivity contribution in [2.75, 3.05) is 23.4 Å². The molecule has 10 heteroatoms. The molecule has 0 unspecified atom stereocenters. The minimum Gasteiger partial charge on any atom is -0.504 e. The molecule has 1 heterocycles. The second-order valence-corrected chi connectivity index (χ2v) is 9.19. The number of aromatic hydroxyl groups is 1. The average molecular weight is 471 g/mol. The van der Waals surface area contributed by atoms with E-state index in [2.05, 4.69) is 20.0 Å². The number of phenolic OH excluding ortho intramolecular Hbond substituents is 1. The first-order valence-electron chi connectivity index (χ1n) is 9.40. The number of hydrogen-bond donors (Lipinski definition) is 3. The highest BCUT2D eigenvalue weighted by Gasteiger charge is 2.11. The predicted octanol–water partition coefficient (Wildman–Crippen LogP) is 4.78. The Balaban J connectivity index is 1.74. The number of sulfonamides is 1. The van der Waals surface area contributed by atoms with Crippen molar-refractivity contribution in [1.29, 1.82) is 0 Å². The first-order chi connectivity index (χ1) is 15.2. The number of halogens is 1. The zero-order valence-electron chi connectivity index (χ0n) is 17.1. The van der Waals surface area contributed by atoms with Gasteiger partial charge in [0.1, 0.15) is 12.1 Å². The molecule has 3 aromatic carbocycles. The molecule has 0 radical (unpaired) electrons. The van der Waals surface area contributed by atoms with Crippen LogP contribution in [0.5, 0.6) is 11.5 Å². The van der Waals surface area contributed by atoms with Crippen molar-refractivity contribution in [3.63, 3.8) is 0 Å². The lowest BCUT2D eigenvalue weighted by Crippen LogP contribution is -2.10. The van der Waals surface area contributed by atoms with Gasteiger partial charge < -0.3 is 15.2 Å². The van der Waals surface area contributed by atoms with Gasteiger partial charge in [-0.25, -0.2) is 18.4 Å². The van der Waals surface area contributed by atoms with Crippen LogP contribution in [-0.2, 0) is 10.0 Å². The maximum atomic E-state index is 11.6. The van der Waals surface area contributed by atoms with Crippen LogP contribution in [0.2, 0.25) is 5.02 Å². The molecule has 32 heavy (non-hydrogen) atoms. The number of nitrogens with one attached hydrogen (secondary N) is 2. The number of aromatic nitrogens is 2. The van der Waals surface area contributed by atoms with Crippen LogP contribution in [0.3, 0.4) is 0 Å². The van der Waals surface area contributed by atoms with Gasteiger partial charge in [0.15, 0.2) is 11.5 Å². The zero-order chi connectivity index (χ0) is 22.9. The summed E-state index contributed by atoms with van der Waals surface area (Å²) in [6.45, 7) is 0. The highest BCUT2D eigenvalue weighted by molar-refractivity contribution is 7.92. The number of ether oxygens (including phenoxy) is 1. The Morgan fingerprint density at radius 2 is 1.75 bits per heavy atom. The van der Waals surface area contributed by atoms with Crippen molar-refractivity contribution in [3.05, 3.63) is 65.9 Å². The Kier molecular flexibility index (Phi) is 5.77. The monoisotopic (exact) mass is 470 g/mol. The SMILES string of the molecule is COc1cc(-c2ccc3ncnc(Nc4ccc(Cl)c(NS(C)(=O)=O)c4)c3c2)ccc1O. The number of rotatable bonds is 6. The smallest absolute Gasteiger partial charge is 0.229 e. The summed E-state index contributed by atoms with van der Waals surface area (Å²) in [6, 6.07) is 15.7. The normalized spacial score (nSPS) is 11.3. The fourth-order valence-electron chi connectivity index (χ4n) is 3.21. The van der Waals surface area contributed by atoms with Crippen molar-refractivity contribution in [3.8, 4) is 22.6 Å². The zero-order valence-corrected chi connectivity index (χ0v) is 18.7. The van der Waals surface area contributed by atoms with Crippen LogP contribution in [0.25, 0.3) is 22.0 Å². The third-order valence-corrected chi connectivity index (χ3v) is 5.59. The summed E-state index contributed by atoms with van der Waals surface area (Å²) < 4.78 is 30.8. The lowest BCUT2D eigenvalue weighted by Gasteiger charge is -2.13. The summed E-state index contributed by atoms with van der Waals surface area (Å²) in [5.74, 6) is 0.969. The van der Waals surface area contributed by atoms with Crippen molar-refractivity contribution in [1.82, 2.24) is 9.97 Å². The van der Waals surface area contributed by atoms with E-state index in [0.29, 0.717) is 17.3 Å². The van der Waals surface area contributed by atoms with Gasteiger partial charge in [0.2, 0.25) is 10.0 Å². The molecule has 4 rings (SSSR count). The van der Waals surface area contributed by atoms with Crippen LogP contribution < -0.4 is 14.8 Å². The van der Waals surface area contributed by atoms with Crippen LogP contribution in [0, 0.1) is 0 Å². The predicted molar refractivity (Wildman–Crippen MR) is 126 cm³/mol. The van der Waals surface area contributed by atoms with Crippen LogP contribution in [-0.4, -0.2) is 36.9 Å². The van der Waals surface area contributed by atoms with Crippen LogP contribution in [0.4, 0.5) is 17.2 Å². The largest absolute Gasteiger partial charge is 0.504 e. The van der Waals surface area contributed by atoms with E-state index in [-0.39, 0.29) is 16.5 Å². The van der Waals surface area contributed by atoms with Crippen molar-refractivity contribution >= 4 is 49.7 Å². The summed E-state index contributed by atoms with van der Waals surface area (Å²) in [5.41, 5.74) is 3.30. The second kappa shape index (κ2) is 8.52. The first kappa shape index (κ1) is 21.7. The highest BCUT2D eigenvalue weighted by atomic mass is 35.5. The van der Waals surface area contributed by atoms with Crippen LogP contribution >= 0.6 is 11.6 Å². The lowest BCUT2D eigenvalue weighted by atomic mass is 10.0. The summed E-state index contributed by atoms with van der Waals surface area (Å²) in [4.78, 5) is 8.67. The topological polar surface area (TPSA) is 113 Å². The van der Waals surface area contributed by atoms with Crippen molar-refractivity contribution in [2.24, 2.45) is 0 Å². The number of methoxy groups -OCH3 is 1. The molecule has 0 spiro atoms. The van der Waals surface area contributed by atoms with E-state index >= 15 is 0 Å². The number of benzene rings is 3. The number of phenols is 1. The minimum atomic E-state index is -3.48. The van der Waals surface area contributed by atoms with Crippen molar-refractivity contribution in [2.45, 2.75) is 0 Å². The van der Waals surface area contributed by atoms with Gasteiger partial charge in [0.05, 0.1) is 29.6 Å². The van der Waals surface area contributed by atoms with Gasteiger partial charge in [0.25, 0.3) is 0 Å². The summed E-state index contributed by atoms with van der Waals surface area (Å²) in [5, 5.41) is 14.1. The quantitative estimate of drug-likeness (QED) is 0.371. The molecule has 3 N–H and O–H groups in total. The summed E-state index contributed by atoms with van der Waals surface area (Å²) in [7, 11) is -1.99. The van der Waals surface area contributed by atoms with E-state index in [1.54, 1.807) is 36.4 Å². The van der Waals surface area contributed by atoms with Gasteiger partial charge in [-0.15, -0.1) is 0 Å².